The highest BCUT2D eigenvalue weighted by atomic mass is 16.2. The average molecular weight is 243 g/mol. The summed E-state index contributed by atoms with van der Waals surface area (Å²) in [6, 6.07) is 0.181. The number of nitrogens with zero attached hydrogens (tertiary/aromatic N) is 1. The number of carbonyl (C=O) groups is 2. The second-order valence-corrected chi connectivity index (χ2v) is 4.68. The van der Waals surface area contributed by atoms with E-state index < -0.39 is 0 Å². The van der Waals surface area contributed by atoms with Crippen molar-refractivity contribution in [3.8, 4) is 0 Å². The molecule has 5 heteroatoms. The van der Waals surface area contributed by atoms with Gasteiger partial charge >= 0.3 is 0 Å². The number of hydrogen-bond acceptors (Lipinski definition) is 3. The van der Waals surface area contributed by atoms with Gasteiger partial charge < -0.3 is 16.0 Å². The molecule has 0 aliphatic heterocycles. The van der Waals surface area contributed by atoms with Gasteiger partial charge in [0.15, 0.2) is 0 Å². The van der Waals surface area contributed by atoms with Crippen LogP contribution in [0, 0.1) is 5.92 Å². The highest BCUT2D eigenvalue weighted by Crippen LogP contribution is 2.11. The fraction of sp³-hybridized carbons (Fsp3) is 0.833. The lowest BCUT2D eigenvalue weighted by Crippen LogP contribution is -2.39. The topological polar surface area (TPSA) is 75.4 Å². The van der Waals surface area contributed by atoms with E-state index >= 15 is 0 Å². The predicted molar refractivity (Wildman–Crippen MR) is 68.4 cm³/mol. The van der Waals surface area contributed by atoms with Crippen molar-refractivity contribution in [2.24, 2.45) is 11.7 Å². The Labute approximate surface area is 104 Å². The summed E-state index contributed by atoms with van der Waals surface area (Å²) in [7, 11) is 3.21. The molecule has 0 saturated carbocycles. The summed E-state index contributed by atoms with van der Waals surface area (Å²) < 4.78 is 0. The number of amides is 2. The lowest BCUT2D eigenvalue weighted by molar-refractivity contribution is -0.137. The maximum Gasteiger partial charge on any atom is 0.239 e. The van der Waals surface area contributed by atoms with Gasteiger partial charge in [0.2, 0.25) is 11.8 Å². The molecule has 100 valence electrons. The van der Waals surface area contributed by atoms with Crippen LogP contribution in [0.2, 0.25) is 0 Å². The van der Waals surface area contributed by atoms with E-state index in [-0.39, 0.29) is 30.3 Å². The smallest absolute Gasteiger partial charge is 0.239 e. The number of rotatable bonds is 7. The molecule has 0 aromatic carbocycles. The van der Waals surface area contributed by atoms with Crippen LogP contribution >= 0.6 is 0 Å². The number of hydrogen-bond donors (Lipinski definition) is 2. The van der Waals surface area contributed by atoms with E-state index in [1.54, 1.807) is 14.1 Å². The van der Waals surface area contributed by atoms with Crippen molar-refractivity contribution in [3.63, 3.8) is 0 Å². The van der Waals surface area contributed by atoms with E-state index in [9.17, 15) is 9.59 Å². The van der Waals surface area contributed by atoms with E-state index in [4.69, 9.17) is 5.73 Å². The maximum atomic E-state index is 11.9. The van der Waals surface area contributed by atoms with E-state index in [1.807, 2.05) is 13.8 Å². The van der Waals surface area contributed by atoms with Crippen LogP contribution in [-0.4, -0.2) is 43.4 Å². The first-order valence-electron chi connectivity index (χ1n) is 6.09. The van der Waals surface area contributed by atoms with Gasteiger partial charge in [0.05, 0.1) is 6.54 Å². The van der Waals surface area contributed by atoms with Gasteiger partial charge in [-0.05, 0) is 19.8 Å². The van der Waals surface area contributed by atoms with Gasteiger partial charge in [-0.1, -0.05) is 13.3 Å². The van der Waals surface area contributed by atoms with Crippen molar-refractivity contribution in [1.82, 2.24) is 10.2 Å². The minimum atomic E-state index is -0.149. The molecular formula is C12H25N3O2. The van der Waals surface area contributed by atoms with E-state index in [0.717, 1.165) is 19.3 Å². The molecule has 2 atom stereocenters. The minimum Gasteiger partial charge on any atom is -0.358 e. The Hall–Kier alpha value is -1.10. The second kappa shape index (κ2) is 8.06. The molecule has 0 aromatic heterocycles. The Morgan fingerprint density at radius 2 is 1.88 bits per heavy atom. The standard InChI is InChI=1S/C12H25N3O2/c1-9(6-5-7-10(2)13)12(17)15(4)8-11(16)14-3/h9-10H,5-8,13H2,1-4H3,(H,14,16). The van der Waals surface area contributed by atoms with Crippen molar-refractivity contribution in [1.29, 1.82) is 0 Å². The summed E-state index contributed by atoms with van der Waals surface area (Å²) >= 11 is 0. The van der Waals surface area contributed by atoms with Crippen LogP contribution in [0.25, 0.3) is 0 Å². The largest absolute Gasteiger partial charge is 0.358 e. The highest BCUT2D eigenvalue weighted by Gasteiger charge is 2.18. The summed E-state index contributed by atoms with van der Waals surface area (Å²) in [5.41, 5.74) is 5.65. The number of nitrogens with two attached hydrogens (primary N) is 1. The van der Waals surface area contributed by atoms with Crippen LogP contribution < -0.4 is 11.1 Å². The summed E-state index contributed by atoms with van der Waals surface area (Å²) in [6.45, 7) is 3.97. The molecule has 0 aliphatic carbocycles. The molecule has 0 spiro atoms. The third kappa shape index (κ3) is 6.94. The molecular weight excluding hydrogens is 218 g/mol. The quantitative estimate of drug-likeness (QED) is 0.677. The zero-order chi connectivity index (χ0) is 13.4. The first-order chi connectivity index (χ1) is 7.88. The summed E-state index contributed by atoms with van der Waals surface area (Å²) in [5.74, 6) is -0.190. The van der Waals surface area contributed by atoms with E-state index in [2.05, 4.69) is 5.32 Å². The SMILES string of the molecule is CNC(=O)CN(C)C(=O)C(C)CCCC(C)N. The molecule has 5 nitrogen and oxygen atoms in total. The van der Waals surface area contributed by atoms with E-state index in [1.165, 1.54) is 4.90 Å². The van der Waals surface area contributed by atoms with Crippen molar-refractivity contribution in [3.05, 3.63) is 0 Å². The Kier molecular flexibility index (Phi) is 7.54. The molecule has 3 N–H and O–H groups in total. The highest BCUT2D eigenvalue weighted by molar-refractivity contribution is 5.85. The zero-order valence-corrected chi connectivity index (χ0v) is 11.3. The van der Waals surface area contributed by atoms with Gasteiger partial charge in [0, 0.05) is 26.1 Å². The Morgan fingerprint density at radius 1 is 1.29 bits per heavy atom. The van der Waals surface area contributed by atoms with Crippen LogP contribution in [0.15, 0.2) is 0 Å². The normalized spacial score (nSPS) is 13.9. The average Bonchev–Trinajstić information content (AvgIpc) is 2.26. The Morgan fingerprint density at radius 3 is 2.35 bits per heavy atom. The maximum absolute atomic E-state index is 11.9. The van der Waals surface area contributed by atoms with Crippen LogP contribution in [0.1, 0.15) is 33.1 Å². The lowest BCUT2D eigenvalue weighted by Gasteiger charge is -2.20. The predicted octanol–water partition coefficient (Wildman–Crippen LogP) is 0.344. The number of nitrogens with one attached hydrogen (secondary N) is 1. The van der Waals surface area contributed by atoms with Crippen LogP contribution in [0.5, 0.6) is 0 Å². The van der Waals surface area contributed by atoms with Gasteiger partial charge in [0.25, 0.3) is 0 Å². The first-order valence-corrected chi connectivity index (χ1v) is 6.09. The Bertz CT molecular complexity index is 254. The molecule has 0 bridgehead atoms. The molecule has 17 heavy (non-hydrogen) atoms. The molecule has 0 fully saturated rings. The van der Waals surface area contributed by atoms with Gasteiger partial charge in [0.1, 0.15) is 0 Å². The number of carbonyl (C=O) groups excluding carboxylic acids is 2. The number of likely N-dealkylation sites (N-methyl/N-ethyl adjacent to an activating group) is 2. The molecule has 0 saturated heterocycles. The summed E-state index contributed by atoms with van der Waals surface area (Å²) in [6.07, 6.45) is 2.69. The molecule has 0 radical (unpaired) electrons. The van der Waals surface area contributed by atoms with Gasteiger partial charge in [-0.15, -0.1) is 0 Å². The van der Waals surface area contributed by atoms with Crippen molar-refractivity contribution in [2.75, 3.05) is 20.6 Å². The molecule has 0 aliphatic rings. The van der Waals surface area contributed by atoms with Crippen molar-refractivity contribution < 1.29 is 9.59 Å². The van der Waals surface area contributed by atoms with Gasteiger partial charge in [-0.3, -0.25) is 9.59 Å². The van der Waals surface area contributed by atoms with Crippen molar-refractivity contribution >= 4 is 11.8 Å². The van der Waals surface area contributed by atoms with Gasteiger partial charge in [-0.25, -0.2) is 0 Å². The second-order valence-electron chi connectivity index (χ2n) is 4.68. The zero-order valence-electron chi connectivity index (χ0n) is 11.3. The fourth-order valence-electron chi connectivity index (χ4n) is 1.62. The molecule has 2 unspecified atom stereocenters. The minimum absolute atomic E-state index is 0.0123. The summed E-state index contributed by atoms with van der Waals surface area (Å²) in [4.78, 5) is 24.5. The summed E-state index contributed by atoms with van der Waals surface area (Å²) in [5, 5.41) is 2.50. The lowest BCUT2D eigenvalue weighted by atomic mass is 10.0. The van der Waals surface area contributed by atoms with Crippen LogP contribution in [0.3, 0.4) is 0 Å². The first kappa shape index (κ1) is 15.9. The fourth-order valence-corrected chi connectivity index (χ4v) is 1.62. The molecule has 0 aromatic rings. The third-order valence-corrected chi connectivity index (χ3v) is 2.75. The van der Waals surface area contributed by atoms with Crippen LogP contribution in [-0.2, 0) is 9.59 Å². The molecule has 0 rings (SSSR count). The van der Waals surface area contributed by atoms with E-state index in [0.29, 0.717) is 0 Å². The molecule has 2 amide bonds. The Balaban J connectivity index is 3.98. The van der Waals surface area contributed by atoms with Gasteiger partial charge in [-0.2, -0.15) is 0 Å². The van der Waals surface area contributed by atoms with Crippen molar-refractivity contribution in [2.45, 2.75) is 39.2 Å². The molecule has 0 heterocycles. The van der Waals surface area contributed by atoms with Crippen LogP contribution in [0.4, 0.5) is 0 Å². The monoisotopic (exact) mass is 243 g/mol. The third-order valence-electron chi connectivity index (χ3n) is 2.75.